The first-order chi connectivity index (χ1) is 20.5. The van der Waals surface area contributed by atoms with Crippen LogP contribution < -0.4 is 19.7 Å². The second kappa shape index (κ2) is 15.3. The molecule has 4 aromatic carbocycles. The minimum Gasteiger partial charge on any atom is -0.493 e. The summed E-state index contributed by atoms with van der Waals surface area (Å²) in [6.45, 7) is 1.49. The van der Waals surface area contributed by atoms with Crippen LogP contribution in [0.5, 0.6) is 17.2 Å². The normalized spacial score (nSPS) is 10.5. The number of aromatic nitrogens is 1. The Morgan fingerprint density at radius 1 is 0.833 bits per heavy atom. The van der Waals surface area contributed by atoms with E-state index in [1.807, 2.05) is 60.7 Å². The zero-order valence-corrected chi connectivity index (χ0v) is 23.7. The first kappa shape index (κ1) is 30.2. The number of aromatic carboxylic acids is 1. The quantitative estimate of drug-likeness (QED) is 0.0666. The molecule has 0 aliphatic rings. The lowest BCUT2D eigenvalue weighted by atomic mass is 10.1. The molecule has 1 heterocycles. The summed E-state index contributed by atoms with van der Waals surface area (Å²) in [7, 11) is 1.60. The maximum atomic E-state index is 12.0. The van der Waals surface area contributed by atoms with E-state index < -0.39 is 11.9 Å². The van der Waals surface area contributed by atoms with Gasteiger partial charge < -0.3 is 24.9 Å². The third-order valence-corrected chi connectivity index (χ3v) is 6.49. The Hall–Kier alpha value is -4.73. The van der Waals surface area contributed by atoms with Crippen LogP contribution in [0.4, 0.5) is 0 Å². The lowest BCUT2D eigenvalue weighted by Gasteiger charge is -2.10. The average molecular weight is 591 g/mol. The molecule has 5 rings (SSSR count). The molecule has 9 nitrogen and oxygen atoms in total. The summed E-state index contributed by atoms with van der Waals surface area (Å²) in [5.41, 5.74) is 3.14. The van der Waals surface area contributed by atoms with Crippen LogP contribution in [0.2, 0.25) is 0 Å². The predicted octanol–water partition coefficient (Wildman–Crippen LogP) is 6.35. The molecule has 0 bridgehead atoms. The van der Waals surface area contributed by atoms with Gasteiger partial charge in [0.05, 0.1) is 30.0 Å². The number of fused-ring (bicyclic) bond motifs is 3. The van der Waals surface area contributed by atoms with E-state index in [-0.39, 0.29) is 6.42 Å². The maximum absolute atomic E-state index is 12.0. The number of halogens is 1. The van der Waals surface area contributed by atoms with Crippen molar-refractivity contribution in [1.29, 1.82) is 0 Å². The number of carboxylic acid groups (broad SMARTS) is 1. The molecule has 0 fully saturated rings. The number of benzene rings is 4. The number of ether oxygens (including phenoxy) is 2. The van der Waals surface area contributed by atoms with Crippen molar-refractivity contribution in [2.45, 2.75) is 12.3 Å². The van der Waals surface area contributed by atoms with E-state index in [0.717, 1.165) is 27.4 Å². The van der Waals surface area contributed by atoms with Crippen molar-refractivity contribution in [3.8, 4) is 17.2 Å². The molecule has 0 radical (unpaired) electrons. The molecule has 0 spiro atoms. The van der Waals surface area contributed by atoms with Gasteiger partial charge in [0.25, 0.3) is 0 Å². The number of alkyl halides is 1. The zero-order valence-electron chi connectivity index (χ0n) is 23.0. The third kappa shape index (κ3) is 8.15. The molecule has 0 atom stereocenters. The standard InChI is InChI=1S/C24H24N2O5.C8H7ClO2/c1-28-20-10-4-5-11-21(20)29-16-15-25-14-13-23(27)31-30-22-12-6-9-19-24(22)17-7-2-3-8-18(17)26-19;9-5-6-1-3-7(4-2-6)8(10)11/h2-12,25-26H,13-16H2,1H3;1-4H,5H2,(H,10,11). The zero-order chi connectivity index (χ0) is 29.7. The molecule has 10 heteroatoms. The molecule has 42 heavy (non-hydrogen) atoms. The van der Waals surface area contributed by atoms with Crippen molar-refractivity contribution < 1.29 is 33.9 Å². The van der Waals surface area contributed by atoms with Crippen molar-refractivity contribution in [3.05, 3.63) is 102 Å². The summed E-state index contributed by atoms with van der Waals surface area (Å²) in [5, 5.41) is 13.6. The van der Waals surface area contributed by atoms with Gasteiger partial charge in [-0.1, -0.05) is 48.5 Å². The first-order valence-corrected chi connectivity index (χ1v) is 13.7. The molecular formula is C32H31ClN2O7. The van der Waals surface area contributed by atoms with E-state index >= 15 is 0 Å². The second-order valence-corrected chi connectivity index (χ2v) is 9.29. The number of carbonyl (C=O) groups is 2. The van der Waals surface area contributed by atoms with Crippen LogP contribution in [-0.2, 0) is 15.6 Å². The van der Waals surface area contributed by atoms with E-state index in [0.29, 0.717) is 48.4 Å². The summed E-state index contributed by atoms with van der Waals surface area (Å²) in [6.07, 6.45) is 0.179. The Morgan fingerprint density at radius 3 is 2.26 bits per heavy atom. The topological polar surface area (TPSA) is 119 Å². The van der Waals surface area contributed by atoms with E-state index in [1.165, 1.54) is 0 Å². The molecule has 0 saturated heterocycles. The SMILES string of the molecule is COc1ccccc1OCCNCCC(=O)OOc1cccc2[nH]c3ccccc3c12.O=C(O)c1ccc(CCl)cc1. The fraction of sp³-hybridized carbons (Fsp3) is 0.188. The minimum absolute atomic E-state index is 0.179. The second-order valence-electron chi connectivity index (χ2n) is 9.02. The minimum atomic E-state index is -0.911. The number of nitrogens with one attached hydrogen (secondary N) is 2. The highest BCUT2D eigenvalue weighted by Gasteiger charge is 2.12. The van der Waals surface area contributed by atoms with Crippen LogP contribution in [-0.4, -0.2) is 48.8 Å². The number of rotatable bonds is 12. The van der Waals surface area contributed by atoms with E-state index in [4.69, 9.17) is 36.0 Å². The Labute approximate surface area is 247 Å². The van der Waals surface area contributed by atoms with Gasteiger partial charge in [0.1, 0.15) is 6.61 Å². The van der Waals surface area contributed by atoms with Crippen molar-refractivity contribution in [2.75, 3.05) is 26.8 Å². The summed E-state index contributed by atoms with van der Waals surface area (Å²) >= 11 is 5.51. The van der Waals surface area contributed by atoms with Crippen LogP contribution in [0, 0.1) is 0 Å². The number of hydrogen-bond acceptors (Lipinski definition) is 7. The highest BCUT2D eigenvalue weighted by Crippen LogP contribution is 2.33. The van der Waals surface area contributed by atoms with Gasteiger partial charge in [-0.15, -0.1) is 11.6 Å². The van der Waals surface area contributed by atoms with Gasteiger partial charge in [0, 0.05) is 29.9 Å². The number of aromatic amines is 1. The number of hydrogen-bond donors (Lipinski definition) is 3. The number of carbonyl (C=O) groups excluding carboxylic acids is 1. The van der Waals surface area contributed by atoms with Gasteiger partial charge in [-0.3, -0.25) is 9.78 Å². The van der Waals surface area contributed by atoms with Gasteiger partial charge in [0.2, 0.25) is 0 Å². The number of methoxy groups -OCH3 is 1. The van der Waals surface area contributed by atoms with Crippen LogP contribution in [0.15, 0.2) is 91.0 Å². The number of para-hydroxylation sites is 3. The Morgan fingerprint density at radius 2 is 1.52 bits per heavy atom. The van der Waals surface area contributed by atoms with Crippen molar-refractivity contribution >= 4 is 45.3 Å². The molecular weight excluding hydrogens is 560 g/mol. The molecule has 1 aromatic heterocycles. The van der Waals surface area contributed by atoms with Crippen LogP contribution >= 0.6 is 11.6 Å². The lowest BCUT2D eigenvalue weighted by Crippen LogP contribution is -2.24. The number of carboxylic acids is 1. The van der Waals surface area contributed by atoms with E-state index in [2.05, 4.69) is 10.3 Å². The molecule has 0 saturated carbocycles. The molecule has 218 valence electrons. The van der Waals surface area contributed by atoms with Gasteiger partial charge in [-0.2, -0.15) is 0 Å². The fourth-order valence-corrected chi connectivity index (χ4v) is 4.27. The Bertz CT molecular complexity index is 1620. The van der Waals surface area contributed by atoms with Gasteiger partial charge in [0.15, 0.2) is 17.2 Å². The average Bonchev–Trinajstić information content (AvgIpc) is 3.41. The largest absolute Gasteiger partial charge is 0.493 e. The van der Waals surface area contributed by atoms with Crippen molar-refractivity contribution in [1.82, 2.24) is 10.3 Å². The van der Waals surface area contributed by atoms with E-state index in [9.17, 15) is 9.59 Å². The smallest absolute Gasteiger partial charge is 0.356 e. The summed E-state index contributed by atoms with van der Waals surface area (Å²) in [5.74, 6) is 0.932. The van der Waals surface area contributed by atoms with Crippen LogP contribution in [0.25, 0.3) is 21.8 Å². The summed E-state index contributed by atoms with van der Waals surface area (Å²) < 4.78 is 10.9. The maximum Gasteiger partial charge on any atom is 0.356 e. The molecule has 5 aromatic rings. The molecule has 0 aliphatic heterocycles. The highest BCUT2D eigenvalue weighted by molar-refractivity contribution is 6.17. The predicted molar refractivity (Wildman–Crippen MR) is 161 cm³/mol. The van der Waals surface area contributed by atoms with Crippen molar-refractivity contribution in [2.24, 2.45) is 0 Å². The first-order valence-electron chi connectivity index (χ1n) is 13.2. The summed E-state index contributed by atoms with van der Waals surface area (Å²) in [4.78, 5) is 36.1. The molecule has 0 unspecified atom stereocenters. The molecule has 3 N–H and O–H groups in total. The van der Waals surface area contributed by atoms with Gasteiger partial charge >= 0.3 is 11.9 Å². The monoisotopic (exact) mass is 590 g/mol. The molecule has 0 amide bonds. The van der Waals surface area contributed by atoms with Gasteiger partial charge in [-0.25, -0.2) is 9.59 Å². The van der Waals surface area contributed by atoms with Crippen molar-refractivity contribution in [3.63, 3.8) is 0 Å². The van der Waals surface area contributed by atoms with E-state index in [1.54, 1.807) is 37.4 Å². The Kier molecular flexibility index (Phi) is 11.0. The Balaban J connectivity index is 0.000000310. The molecule has 0 aliphatic carbocycles. The van der Waals surface area contributed by atoms with Crippen LogP contribution in [0.3, 0.4) is 0 Å². The summed E-state index contributed by atoms with van der Waals surface area (Å²) in [6, 6.07) is 27.5. The van der Waals surface area contributed by atoms with Gasteiger partial charge in [-0.05, 0) is 48.0 Å². The van der Waals surface area contributed by atoms with Crippen LogP contribution in [0.1, 0.15) is 22.3 Å². The number of H-pyrrole nitrogens is 1. The lowest BCUT2D eigenvalue weighted by molar-refractivity contribution is -0.213. The third-order valence-electron chi connectivity index (χ3n) is 6.18. The highest BCUT2D eigenvalue weighted by atomic mass is 35.5. The fourth-order valence-electron chi connectivity index (χ4n) is 4.09.